The van der Waals surface area contributed by atoms with E-state index >= 15 is 0 Å². The molecule has 8 amide bonds. The Morgan fingerprint density at radius 3 is 1.46 bits per heavy atom. The van der Waals surface area contributed by atoms with E-state index in [4.69, 9.17) is 17.2 Å². The maximum Gasteiger partial charge on any atom is 0.245 e. The van der Waals surface area contributed by atoms with Crippen LogP contribution in [0.2, 0.25) is 0 Å². The fourth-order valence-corrected chi connectivity index (χ4v) is 5.45. The van der Waals surface area contributed by atoms with E-state index in [1.54, 1.807) is 48.5 Å². The lowest BCUT2D eigenvalue weighted by atomic mass is 9.95. The Kier molecular flexibility index (Phi) is 23.6. The fourth-order valence-electron chi connectivity index (χ4n) is 5.45. The molecule has 0 heterocycles. The molecule has 0 aliphatic carbocycles. The lowest BCUT2D eigenvalue weighted by molar-refractivity contribution is -0.138. The third kappa shape index (κ3) is 18.5. The zero-order valence-electron chi connectivity index (χ0n) is 34.3. The summed E-state index contributed by atoms with van der Waals surface area (Å²) in [6.07, 6.45) is -0.797. The quantitative estimate of drug-likeness (QED) is 0.0247. The number of carbonyl (C=O) groups excluding carboxylic acids is 8. The molecular formula is C36H67N11O9. The average Bonchev–Trinajstić information content (AvgIpc) is 3.11. The van der Waals surface area contributed by atoms with Crippen molar-refractivity contribution in [2.75, 3.05) is 13.1 Å². The monoisotopic (exact) mass is 798 g/mol. The summed E-state index contributed by atoms with van der Waals surface area (Å²) >= 11 is 0. The number of aliphatic hydroxyl groups excluding tert-OH is 1. The van der Waals surface area contributed by atoms with Crippen LogP contribution in [0.1, 0.15) is 101 Å². The van der Waals surface area contributed by atoms with Crippen molar-refractivity contribution in [3.63, 3.8) is 0 Å². The third-order valence-electron chi connectivity index (χ3n) is 9.20. The van der Waals surface area contributed by atoms with Crippen LogP contribution >= 0.6 is 0 Å². The minimum atomic E-state index is -1.64. The first-order chi connectivity index (χ1) is 26.1. The van der Waals surface area contributed by atoms with Crippen LogP contribution < -0.4 is 54.4 Å². The van der Waals surface area contributed by atoms with Crippen LogP contribution in [0.4, 0.5) is 0 Å². The van der Waals surface area contributed by atoms with E-state index in [0.717, 1.165) is 0 Å². The molecule has 0 fully saturated rings. The highest BCUT2D eigenvalue weighted by atomic mass is 16.3. The Bertz CT molecular complexity index is 1370. The van der Waals surface area contributed by atoms with Crippen molar-refractivity contribution < 1.29 is 43.5 Å². The summed E-state index contributed by atoms with van der Waals surface area (Å²) < 4.78 is 0. The second kappa shape index (κ2) is 26.0. The second-order valence-electron chi connectivity index (χ2n) is 14.4. The molecular weight excluding hydrogens is 730 g/mol. The molecule has 0 aliphatic heterocycles. The Labute approximate surface area is 329 Å². The molecule has 0 aromatic rings. The van der Waals surface area contributed by atoms with Crippen LogP contribution in [0, 0.1) is 17.8 Å². The van der Waals surface area contributed by atoms with Gasteiger partial charge in [-0.15, -0.1) is 0 Å². The van der Waals surface area contributed by atoms with Gasteiger partial charge in [-0.2, -0.15) is 0 Å². The number of aliphatic imine (C=N–C) groups is 1. The van der Waals surface area contributed by atoms with Crippen LogP contribution in [0.25, 0.3) is 0 Å². The fraction of sp³-hybridized carbons (Fsp3) is 0.750. The summed E-state index contributed by atoms with van der Waals surface area (Å²) in [5.41, 5.74) is 16.1. The highest BCUT2D eigenvalue weighted by Gasteiger charge is 2.37. The SMILES string of the molecule is CCNC(=O)[C@H](CCCN=C(N)N)NC(=O)[C@@H](NC(=O)[C@H](CCC(N)=O)NC(=O)[C@@H](NC(=O)[C@H](NC(=O)[C@@H](NC(C)=O)C(C)C)[C@@H](C)CC)[C@@H](C)O)[C@@H](C)CC. The number of primary amides is 1. The number of likely N-dealkylation sites (N-methyl/N-ethyl adjacent to an activating group) is 1. The number of rotatable bonds is 26. The number of aliphatic hydroxyl groups is 1. The zero-order valence-corrected chi connectivity index (χ0v) is 34.3. The van der Waals surface area contributed by atoms with Crippen molar-refractivity contribution in [1.82, 2.24) is 37.2 Å². The number of nitrogens with zero attached hydrogens (tertiary/aromatic N) is 1. The van der Waals surface area contributed by atoms with Gasteiger partial charge in [-0.1, -0.05) is 54.4 Å². The maximum absolute atomic E-state index is 13.8. The van der Waals surface area contributed by atoms with E-state index in [2.05, 4.69) is 42.2 Å². The van der Waals surface area contributed by atoms with Crippen LogP contribution in [-0.4, -0.2) is 114 Å². The van der Waals surface area contributed by atoms with Gasteiger partial charge in [-0.3, -0.25) is 43.3 Å². The van der Waals surface area contributed by atoms with Crippen molar-refractivity contribution in [2.45, 2.75) is 143 Å². The molecule has 0 aromatic heterocycles. The molecule has 0 aromatic carbocycles. The molecule has 56 heavy (non-hydrogen) atoms. The number of carbonyl (C=O) groups is 8. The zero-order chi connectivity index (χ0) is 43.3. The van der Waals surface area contributed by atoms with E-state index in [1.165, 1.54) is 13.8 Å². The molecule has 20 heteroatoms. The first-order valence-corrected chi connectivity index (χ1v) is 19.2. The molecule has 0 bridgehead atoms. The molecule has 14 N–H and O–H groups in total. The van der Waals surface area contributed by atoms with E-state index in [-0.39, 0.29) is 37.7 Å². The van der Waals surface area contributed by atoms with Gasteiger partial charge in [-0.25, -0.2) is 0 Å². The highest BCUT2D eigenvalue weighted by molar-refractivity contribution is 5.97. The summed E-state index contributed by atoms with van der Waals surface area (Å²) in [4.78, 5) is 108. The summed E-state index contributed by atoms with van der Waals surface area (Å²) in [5.74, 6) is -7.07. The third-order valence-corrected chi connectivity index (χ3v) is 9.20. The standard InChI is InChI=1S/C36H67N11O9/c1-10-19(6)27(33(54)43-23(30(51)40-12-3)14-13-17-41-36(38)39)45-31(52)24(15-16-25(37)50)44-35(56)29(21(8)48)47-34(55)28(20(7)11-2)46-32(53)26(18(4)5)42-22(9)49/h18-21,23-24,26-29,48H,10-17H2,1-9H3,(H2,37,50)(H,40,51)(H,42,49)(H,43,54)(H,44,56)(H,45,52)(H,46,53)(H,47,55)(H4,38,39,41)/t19-,20-,21+,23-,24-,26-,27-,28+,29-/m0/s1. The Morgan fingerprint density at radius 2 is 1.04 bits per heavy atom. The first kappa shape index (κ1) is 51.0. The summed E-state index contributed by atoms with van der Waals surface area (Å²) in [6, 6.07) is -7.45. The molecule has 0 saturated heterocycles. The lowest BCUT2D eigenvalue weighted by Crippen LogP contribution is -2.63. The number of hydrogen-bond donors (Lipinski definition) is 11. The summed E-state index contributed by atoms with van der Waals surface area (Å²) in [6.45, 7) is 15.1. The molecule has 0 radical (unpaired) electrons. The van der Waals surface area contributed by atoms with Crippen LogP contribution in [0.15, 0.2) is 4.99 Å². The van der Waals surface area contributed by atoms with Crippen LogP contribution in [0.5, 0.6) is 0 Å². The van der Waals surface area contributed by atoms with Crippen molar-refractivity contribution in [3.8, 4) is 0 Å². The van der Waals surface area contributed by atoms with Gasteiger partial charge in [-0.05, 0) is 50.9 Å². The van der Waals surface area contributed by atoms with Crippen LogP contribution in [0.3, 0.4) is 0 Å². The highest BCUT2D eigenvalue weighted by Crippen LogP contribution is 2.13. The number of hydrogen-bond acceptors (Lipinski definition) is 10. The maximum atomic E-state index is 13.8. The van der Waals surface area contributed by atoms with Gasteiger partial charge < -0.3 is 59.5 Å². The molecule has 9 atom stereocenters. The van der Waals surface area contributed by atoms with Crippen LogP contribution in [-0.2, 0) is 38.4 Å². The van der Waals surface area contributed by atoms with Gasteiger partial charge in [0.25, 0.3) is 0 Å². The van der Waals surface area contributed by atoms with Gasteiger partial charge in [0.1, 0.15) is 36.3 Å². The van der Waals surface area contributed by atoms with Gasteiger partial charge in [0, 0.05) is 26.4 Å². The average molecular weight is 798 g/mol. The summed E-state index contributed by atoms with van der Waals surface area (Å²) in [7, 11) is 0. The van der Waals surface area contributed by atoms with E-state index in [1.807, 2.05) is 0 Å². The normalized spacial score (nSPS) is 15.8. The molecule has 320 valence electrons. The largest absolute Gasteiger partial charge is 0.391 e. The smallest absolute Gasteiger partial charge is 0.245 e. The van der Waals surface area contributed by atoms with Crippen molar-refractivity contribution in [1.29, 1.82) is 0 Å². The predicted octanol–water partition coefficient (Wildman–Crippen LogP) is -2.50. The molecule has 0 unspecified atom stereocenters. The van der Waals surface area contributed by atoms with E-state index in [0.29, 0.717) is 25.8 Å². The van der Waals surface area contributed by atoms with E-state index < -0.39 is 101 Å². The first-order valence-electron chi connectivity index (χ1n) is 19.2. The van der Waals surface area contributed by atoms with Gasteiger partial charge in [0.2, 0.25) is 47.3 Å². The Hall–Kier alpha value is -5.01. The summed E-state index contributed by atoms with van der Waals surface area (Å²) in [5, 5.41) is 28.7. The Balaban J connectivity index is 6.36. The predicted molar refractivity (Wildman–Crippen MR) is 210 cm³/mol. The van der Waals surface area contributed by atoms with Gasteiger partial charge in [0.05, 0.1) is 6.10 Å². The number of amides is 8. The number of nitrogens with two attached hydrogens (primary N) is 3. The van der Waals surface area contributed by atoms with Gasteiger partial charge >= 0.3 is 0 Å². The molecule has 0 spiro atoms. The van der Waals surface area contributed by atoms with Crippen molar-refractivity contribution >= 4 is 53.2 Å². The second-order valence-corrected chi connectivity index (χ2v) is 14.4. The number of guanidine groups is 1. The minimum Gasteiger partial charge on any atom is -0.391 e. The van der Waals surface area contributed by atoms with Crippen molar-refractivity contribution in [3.05, 3.63) is 0 Å². The molecule has 20 nitrogen and oxygen atoms in total. The van der Waals surface area contributed by atoms with E-state index in [9.17, 15) is 43.5 Å². The minimum absolute atomic E-state index is 0.123. The molecule has 0 aliphatic rings. The molecule has 0 rings (SSSR count). The molecule has 0 saturated carbocycles. The van der Waals surface area contributed by atoms with Gasteiger partial charge in [0.15, 0.2) is 5.96 Å². The number of nitrogens with one attached hydrogen (secondary N) is 7. The van der Waals surface area contributed by atoms with Crippen molar-refractivity contribution in [2.24, 2.45) is 39.9 Å². The lowest BCUT2D eigenvalue weighted by Gasteiger charge is -2.31. The topological polar surface area (TPSA) is 331 Å². The Morgan fingerprint density at radius 1 is 0.589 bits per heavy atom.